The molecular weight excluding hydrogens is 326 g/mol. The molecule has 24 heavy (non-hydrogen) atoms. The maximum Gasteiger partial charge on any atom is 0.265 e. The summed E-state index contributed by atoms with van der Waals surface area (Å²) in [5.74, 6) is 0.214. The normalized spacial score (nSPS) is 11.7. The Kier molecular flexibility index (Phi) is 5.62. The van der Waals surface area contributed by atoms with E-state index in [1.807, 2.05) is 19.9 Å². The summed E-state index contributed by atoms with van der Waals surface area (Å²) in [6.45, 7) is 6.99. The van der Waals surface area contributed by atoms with Gasteiger partial charge < -0.3 is 10.1 Å². The Morgan fingerprint density at radius 1 is 1.12 bits per heavy atom. The number of Topliss-reactive ketones (excluding diaryl/α,β-unsaturated/α-hetero) is 1. The number of carbonyl (C=O) groups excluding carboxylic acids is 2. The molecule has 2 aromatic rings. The Balaban J connectivity index is 2.06. The van der Waals surface area contributed by atoms with E-state index in [0.717, 1.165) is 11.1 Å². The lowest BCUT2D eigenvalue weighted by molar-refractivity contribution is -0.122. The second-order valence-electron chi connectivity index (χ2n) is 5.77. The molecule has 0 radical (unpaired) electrons. The van der Waals surface area contributed by atoms with Crippen LogP contribution in [0, 0.1) is 13.8 Å². The SMILES string of the molecule is CC(=O)c1ccc(OC(C)C(=O)Nc2c(C)cc(C)cc2Cl)cc1. The van der Waals surface area contributed by atoms with Crippen molar-refractivity contribution in [1.29, 1.82) is 0 Å². The number of nitrogens with one attached hydrogen (secondary N) is 1. The van der Waals surface area contributed by atoms with Gasteiger partial charge in [0.05, 0.1) is 10.7 Å². The molecular formula is C19H20ClNO3. The van der Waals surface area contributed by atoms with E-state index in [1.54, 1.807) is 37.3 Å². The predicted molar refractivity (Wildman–Crippen MR) is 96.1 cm³/mol. The van der Waals surface area contributed by atoms with Gasteiger partial charge in [0.1, 0.15) is 5.75 Å². The van der Waals surface area contributed by atoms with E-state index in [0.29, 0.717) is 22.0 Å². The molecule has 5 heteroatoms. The van der Waals surface area contributed by atoms with Crippen LogP contribution in [0.5, 0.6) is 5.75 Å². The van der Waals surface area contributed by atoms with Crippen LogP contribution in [-0.2, 0) is 4.79 Å². The molecule has 1 unspecified atom stereocenters. The Labute approximate surface area is 146 Å². The van der Waals surface area contributed by atoms with Gasteiger partial charge in [-0.2, -0.15) is 0 Å². The topological polar surface area (TPSA) is 55.4 Å². The van der Waals surface area contributed by atoms with Crippen LogP contribution >= 0.6 is 11.6 Å². The van der Waals surface area contributed by atoms with Crippen molar-refractivity contribution in [2.75, 3.05) is 5.32 Å². The Morgan fingerprint density at radius 3 is 2.29 bits per heavy atom. The van der Waals surface area contributed by atoms with Gasteiger partial charge in [0.2, 0.25) is 0 Å². The number of anilines is 1. The molecule has 2 rings (SSSR count). The summed E-state index contributed by atoms with van der Waals surface area (Å²) in [6.07, 6.45) is -0.704. The van der Waals surface area contributed by atoms with Gasteiger partial charge in [0.15, 0.2) is 11.9 Å². The number of hydrogen-bond acceptors (Lipinski definition) is 3. The summed E-state index contributed by atoms with van der Waals surface area (Å²) in [5, 5.41) is 3.30. The number of amides is 1. The molecule has 0 bridgehead atoms. The lowest BCUT2D eigenvalue weighted by Gasteiger charge is -2.17. The Morgan fingerprint density at radius 2 is 1.75 bits per heavy atom. The van der Waals surface area contributed by atoms with Crippen LogP contribution in [0.25, 0.3) is 0 Å². The maximum atomic E-state index is 12.3. The fourth-order valence-corrected chi connectivity index (χ4v) is 2.69. The first-order valence-corrected chi connectivity index (χ1v) is 8.01. The largest absolute Gasteiger partial charge is 0.481 e. The minimum atomic E-state index is -0.704. The van der Waals surface area contributed by atoms with Gasteiger partial charge >= 0.3 is 0 Å². The van der Waals surface area contributed by atoms with Crippen LogP contribution in [0.2, 0.25) is 5.02 Å². The first-order valence-electron chi connectivity index (χ1n) is 7.63. The molecule has 0 heterocycles. The first kappa shape index (κ1) is 18.0. The number of rotatable bonds is 5. The molecule has 2 aromatic carbocycles. The number of carbonyl (C=O) groups is 2. The third kappa shape index (κ3) is 4.36. The highest BCUT2D eigenvalue weighted by Crippen LogP contribution is 2.27. The molecule has 0 aliphatic rings. The van der Waals surface area contributed by atoms with Crippen LogP contribution in [0.4, 0.5) is 5.69 Å². The van der Waals surface area contributed by atoms with Crippen molar-refractivity contribution >= 4 is 29.0 Å². The van der Waals surface area contributed by atoms with E-state index in [-0.39, 0.29) is 11.7 Å². The highest BCUT2D eigenvalue weighted by atomic mass is 35.5. The van der Waals surface area contributed by atoms with Crippen molar-refractivity contribution in [3.63, 3.8) is 0 Å². The van der Waals surface area contributed by atoms with Gasteiger partial charge in [-0.25, -0.2) is 0 Å². The predicted octanol–water partition coefficient (Wildman–Crippen LogP) is 4.57. The number of ether oxygens (including phenoxy) is 1. The van der Waals surface area contributed by atoms with Crippen LogP contribution in [0.15, 0.2) is 36.4 Å². The van der Waals surface area contributed by atoms with Gasteiger partial charge in [0, 0.05) is 5.56 Å². The van der Waals surface area contributed by atoms with Crippen molar-refractivity contribution < 1.29 is 14.3 Å². The summed E-state index contributed by atoms with van der Waals surface area (Å²) in [4.78, 5) is 23.6. The minimum absolute atomic E-state index is 0.0168. The molecule has 0 saturated carbocycles. The molecule has 1 amide bonds. The Hall–Kier alpha value is -2.33. The van der Waals surface area contributed by atoms with Gasteiger partial charge in [-0.3, -0.25) is 9.59 Å². The van der Waals surface area contributed by atoms with Crippen molar-refractivity contribution in [2.45, 2.75) is 33.8 Å². The van der Waals surface area contributed by atoms with Gasteiger partial charge in [-0.15, -0.1) is 0 Å². The fourth-order valence-electron chi connectivity index (χ4n) is 2.32. The zero-order chi connectivity index (χ0) is 17.9. The van der Waals surface area contributed by atoms with Crippen molar-refractivity contribution in [2.24, 2.45) is 0 Å². The maximum absolute atomic E-state index is 12.3. The van der Waals surface area contributed by atoms with E-state index >= 15 is 0 Å². The molecule has 0 fully saturated rings. The van der Waals surface area contributed by atoms with Crippen molar-refractivity contribution in [3.05, 3.63) is 58.1 Å². The third-order valence-electron chi connectivity index (χ3n) is 3.62. The summed E-state index contributed by atoms with van der Waals surface area (Å²) >= 11 is 6.20. The minimum Gasteiger partial charge on any atom is -0.481 e. The monoisotopic (exact) mass is 345 g/mol. The molecule has 0 aliphatic heterocycles. The molecule has 0 aliphatic carbocycles. The number of halogens is 1. The van der Waals surface area contributed by atoms with Crippen LogP contribution in [0.1, 0.15) is 35.3 Å². The number of benzene rings is 2. The van der Waals surface area contributed by atoms with E-state index in [4.69, 9.17) is 16.3 Å². The van der Waals surface area contributed by atoms with Crippen LogP contribution in [0.3, 0.4) is 0 Å². The molecule has 126 valence electrons. The second kappa shape index (κ2) is 7.49. The second-order valence-corrected chi connectivity index (χ2v) is 6.18. The number of ketones is 1. The summed E-state index contributed by atoms with van der Waals surface area (Å²) in [6, 6.07) is 10.4. The van der Waals surface area contributed by atoms with Crippen molar-refractivity contribution in [1.82, 2.24) is 0 Å². The lowest BCUT2D eigenvalue weighted by atomic mass is 10.1. The number of aryl methyl sites for hydroxylation is 2. The molecule has 1 N–H and O–H groups in total. The van der Waals surface area contributed by atoms with E-state index in [9.17, 15) is 9.59 Å². The van der Waals surface area contributed by atoms with Crippen LogP contribution < -0.4 is 10.1 Å². The zero-order valence-electron chi connectivity index (χ0n) is 14.1. The lowest BCUT2D eigenvalue weighted by Crippen LogP contribution is -2.30. The van der Waals surface area contributed by atoms with Crippen molar-refractivity contribution in [3.8, 4) is 5.75 Å². The molecule has 0 saturated heterocycles. The highest BCUT2D eigenvalue weighted by Gasteiger charge is 2.17. The Bertz CT molecular complexity index is 746. The van der Waals surface area contributed by atoms with E-state index < -0.39 is 6.10 Å². The smallest absolute Gasteiger partial charge is 0.265 e. The first-order chi connectivity index (χ1) is 11.3. The summed E-state index contributed by atoms with van der Waals surface area (Å²) in [7, 11) is 0. The van der Waals surface area contributed by atoms with Crippen LogP contribution in [-0.4, -0.2) is 17.8 Å². The molecule has 0 aromatic heterocycles. The summed E-state index contributed by atoms with van der Waals surface area (Å²) in [5.41, 5.74) is 3.12. The van der Waals surface area contributed by atoms with Gasteiger partial charge in [-0.05, 0) is 69.2 Å². The average Bonchev–Trinajstić information content (AvgIpc) is 2.51. The quantitative estimate of drug-likeness (QED) is 0.808. The fraction of sp³-hybridized carbons (Fsp3) is 0.263. The molecule has 0 spiro atoms. The van der Waals surface area contributed by atoms with E-state index in [2.05, 4.69) is 5.32 Å². The summed E-state index contributed by atoms with van der Waals surface area (Å²) < 4.78 is 5.62. The number of hydrogen-bond donors (Lipinski definition) is 1. The van der Waals surface area contributed by atoms with Gasteiger partial charge in [-0.1, -0.05) is 17.7 Å². The third-order valence-corrected chi connectivity index (χ3v) is 3.92. The molecule has 1 atom stereocenters. The van der Waals surface area contributed by atoms with Gasteiger partial charge in [0.25, 0.3) is 5.91 Å². The standard InChI is InChI=1S/C19H20ClNO3/c1-11-9-12(2)18(17(20)10-11)21-19(23)14(4)24-16-7-5-15(6-8-16)13(3)22/h5-10,14H,1-4H3,(H,21,23). The van der Waals surface area contributed by atoms with E-state index in [1.165, 1.54) is 6.92 Å². The highest BCUT2D eigenvalue weighted by molar-refractivity contribution is 6.34. The zero-order valence-corrected chi connectivity index (χ0v) is 14.9. The average molecular weight is 346 g/mol. The molecule has 4 nitrogen and oxygen atoms in total.